The van der Waals surface area contributed by atoms with Crippen LogP contribution in [0.3, 0.4) is 0 Å². The van der Waals surface area contributed by atoms with Crippen molar-refractivity contribution in [2.75, 3.05) is 4.90 Å². The number of fused-ring (bicyclic) bond motifs is 6. The van der Waals surface area contributed by atoms with Gasteiger partial charge in [0.1, 0.15) is 0 Å². The third-order valence-corrected chi connectivity index (χ3v) is 11.2. The van der Waals surface area contributed by atoms with E-state index >= 15 is 0 Å². The van der Waals surface area contributed by atoms with E-state index in [0.29, 0.717) is 0 Å². The highest BCUT2D eigenvalue weighted by Crippen LogP contribution is 2.53. The van der Waals surface area contributed by atoms with Crippen molar-refractivity contribution in [2.24, 2.45) is 0 Å². The zero-order valence-electron chi connectivity index (χ0n) is 27.9. The highest BCUT2D eigenvalue weighted by molar-refractivity contribution is 6.18. The molecule has 0 spiro atoms. The number of benzene rings is 7. The molecule has 51 heavy (non-hydrogen) atoms. The molecule has 1 heterocycles. The number of pyridine rings is 1. The first-order valence-electron chi connectivity index (χ1n) is 17.8. The molecular weight excluding hydrogens is 617 g/mol. The largest absolute Gasteiger partial charge is 0.309 e. The highest BCUT2D eigenvalue weighted by Gasteiger charge is 2.32. The van der Waals surface area contributed by atoms with E-state index in [9.17, 15) is 0 Å². The molecule has 2 nitrogen and oxygen atoms in total. The Balaban J connectivity index is 1.03. The summed E-state index contributed by atoms with van der Waals surface area (Å²) in [6, 6.07) is 58.2. The first-order chi connectivity index (χ1) is 25.3. The Hall–Kier alpha value is -6.51. The summed E-state index contributed by atoms with van der Waals surface area (Å²) in [5, 5.41) is 2.63. The van der Waals surface area contributed by atoms with Gasteiger partial charge >= 0.3 is 0 Å². The van der Waals surface area contributed by atoms with Crippen LogP contribution in [0.4, 0.5) is 17.1 Å². The molecule has 0 fully saturated rings. The second-order valence-electron chi connectivity index (χ2n) is 13.8. The maximum Gasteiger partial charge on any atom is 0.0644 e. The summed E-state index contributed by atoms with van der Waals surface area (Å²) >= 11 is 0. The Bertz CT molecular complexity index is 2710. The number of rotatable bonds is 5. The minimum absolute atomic E-state index is 0.276. The van der Waals surface area contributed by atoms with E-state index < -0.39 is 0 Å². The summed E-state index contributed by atoms with van der Waals surface area (Å²) in [6.07, 6.45) is 7.25. The van der Waals surface area contributed by atoms with Gasteiger partial charge in [0.25, 0.3) is 0 Å². The molecule has 0 saturated carbocycles. The Kier molecular flexibility index (Phi) is 6.11. The first-order valence-corrected chi connectivity index (χ1v) is 17.8. The molecule has 7 aromatic carbocycles. The van der Waals surface area contributed by atoms with Crippen LogP contribution in [-0.2, 0) is 0 Å². The Morgan fingerprint density at radius 2 is 1.14 bits per heavy atom. The van der Waals surface area contributed by atoms with Gasteiger partial charge in [-0.1, -0.05) is 127 Å². The van der Waals surface area contributed by atoms with Gasteiger partial charge in [0.05, 0.1) is 11.9 Å². The molecule has 2 heteroatoms. The molecule has 0 amide bonds. The van der Waals surface area contributed by atoms with Crippen LogP contribution in [0.15, 0.2) is 176 Å². The van der Waals surface area contributed by atoms with Crippen LogP contribution in [0.5, 0.6) is 0 Å². The van der Waals surface area contributed by atoms with Gasteiger partial charge in [-0.15, -0.1) is 0 Å². The molecule has 8 aromatic rings. The SMILES string of the molecule is C1=C2c3ccccc3-c3cccc(c32)C(c2cccc(N(c3cccnc3)c3cccc(-c4ccc5c6c(cccc46)-c4ccccc4-5)c3)c2)C1. The predicted octanol–water partition coefficient (Wildman–Crippen LogP) is 13.0. The van der Waals surface area contributed by atoms with E-state index in [1.807, 2.05) is 18.5 Å². The third kappa shape index (κ3) is 4.20. The van der Waals surface area contributed by atoms with Crippen molar-refractivity contribution in [3.63, 3.8) is 0 Å². The van der Waals surface area contributed by atoms with E-state index in [2.05, 4.69) is 168 Å². The summed E-state index contributed by atoms with van der Waals surface area (Å²) in [6.45, 7) is 0. The van der Waals surface area contributed by atoms with Crippen LogP contribution < -0.4 is 4.90 Å². The summed E-state index contributed by atoms with van der Waals surface area (Å²) < 4.78 is 0. The van der Waals surface area contributed by atoms with Gasteiger partial charge in [-0.25, -0.2) is 0 Å². The number of allylic oxidation sites excluding steroid dienone is 1. The van der Waals surface area contributed by atoms with Crippen LogP contribution in [0, 0.1) is 0 Å². The molecule has 0 bridgehead atoms. The highest BCUT2D eigenvalue weighted by atomic mass is 15.1. The molecule has 238 valence electrons. The Morgan fingerprint density at radius 3 is 1.96 bits per heavy atom. The molecule has 1 aromatic heterocycles. The van der Waals surface area contributed by atoms with E-state index in [-0.39, 0.29) is 5.92 Å². The van der Waals surface area contributed by atoms with Crippen LogP contribution in [0.1, 0.15) is 34.6 Å². The van der Waals surface area contributed by atoms with Gasteiger partial charge in [0.2, 0.25) is 0 Å². The average Bonchev–Trinajstić information content (AvgIpc) is 3.71. The fraction of sp³-hybridized carbons (Fsp3) is 0.0408. The Morgan fingerprint density at radius 1 is 0.490 bits per heavy atom. The summed E-state index contributed by atoms with van der Waals surface area (Å²) in [7, 11) is 0. The van der Waals surface area contributed by atoms with Crippen molar-refractivity contribution in [3.8, 4) is 44.5 Å². The predicted molar refractivity (Wildman–Crippen MR) is 212 cm³/mol. The first kappa shape index (κ1) is 28.3. The standard InChI is InChI=1S/C49H32N2/c1-3-17-40-38(15-1)44-21-7-19-42-36(23-25-46(40)48(42)44)31-10-5-12-33(28-31)51(35-14-9-27-50-30-35)34-13-6-11-32(29-34)37-24-26-47-41-18-4-2-16-39(41)45-22-8-20-43(37)49(45)47/h1-23,25-30,37H,24H2. The number of hydrogen-bond donors (Lipinski definition) is 0. The van der Waals surface area contributed by atoms with Crippen molar-refractivity contribution < 1.29 is 0 Å². The fourth-order valence-corrected chi connectivity index (χ4v) is 9.05. The van der Waals surface area contributed by atoms with Crippen LogP contribution in [0.25, 0.3) is 60.9 Å². The zero-order valence-corrected chi connectivity index (χ0v) is 27.9. The zero-order chi connectivity index (χ0) is 33.5. The van der Waals surface area contributed by atoms with Crippen LogP contribution in [-0.4, -0.2) is 4.98 Å². The summed E-state index contributed by atoms with van der Waals surface area (Å²) in [5.41, 5.74) is 20.6. The second kappa shape index (κ2) is 11.0. The van der Waals surface area contributed by atoms with E-state index in [0.717, 1.165) is 23.5 Å². The van der Waals surface area contributed by atoms with Gasteiger partial charge < -0.3 is 4.90 Å². The maximum absolute atomic E-state index is 4.56. The molecule has 1 atom stereocenters. The lowest BCUT2D eigenvalue weighted by Crippen LogP contribution is -2.12. The van der Waals surface area contributed by atoms with Crippen molar-refractivity contribution in [3.05, 3.63) is 198 Å². The summed E-state index contributed by atoms with van der Waals surface area (Å²) in [5.74, 6) is 0.276. The monoisotopic (exact) mass is 648 g/mol. The molecule has 0 N–H and O–H groups in total. The lowest BCUT2D eigenvalue weighted by Gasteiger charge is -2.29. The summed E-state index contributed by atoms with van der Waals surface area (Å²) in [4.78, 5) is 6.91. The van der Waals surface area contributed by atoms with Gasteiger partial charge in [-0.3, -0.25) is 4.98 Å². The minimum atomic E-state index is 0.276. The lowest BCUT2D eigenvalue weighted by molar-refractivity contribution is 0.817. The number of hydrogen-bond acceptors (Lipinski definition) is 2. The molecular formula is C49H32N2. The lowest BCUT2D eigenvalue weighted by atomic mass is 9.79. The third-order valence-electron chi connectivity index (χ3n) is 11.2. The van der Waals surface area contributed by atoms with Gasteiger partial charge in [0.15, 0.2) is 0 Å². The van der Waals surface area contributed by atoms with Gasteiger partial charge in [0, 0.05) is 23.5 Å². The topological polar surface area (TPSA) is 16.1 Å². The molecule has 0 saturated heterocycles. The molecule has 1 unspecified atom stereocenters. The second-order valence-corrected chi connectivity index (χ2v) is 13.8. The van der Waals surface area contributed by atoms with Crippen molar-refractivity contribution in [1.29, 1.82) is 0 Å². The van der Waals surface area contributed by atoms with E-state index in [4.69, 9.17) is 0 Å². The minimum Gasteiger partial charge on any atom is -0.309 e. The molecule has 0 aliphatic heterocycles. The average molecular weight is 649 g/mol. The Labute approximate surface area is 297 Å². The van der Waals surface area contributed by atoms with Crippen molar-refractivity contribution >= 4 is 33.4 Å². The molecule has 3 aliphatic rings. The van der Waals surface area contributed by atoms with Crippen molar-refractivity contribution in [2.45, 2.75) is 12.3 Å². The van der Waals surface area contributed by atoms with Crippen LogP contribution >= 0.6 is 0 Å². The molecule has 11 rings (SSSR count). The quantitative estimate of drug-likeness (QED) is 0.185. The van der Waals surface area contributed by atoms with Crippen LogP contribution in [0.2, 0.25) is 0 Å². The van der Waals surface area contributed by atoms with Gasteiger partial charge in [-0.2, -0.15) is 0 Å². The maximum atomic E-state index is 4.56. The molecule has 0 radical (unpaired) electrons. The number of anilines is 3. The van der Waals surface area contributed by atoms with Crippen molar-refractivity contribution in [1.82, 2.24) is 4.98 Å². The van der Waals surface area contributed by atoms with Gasteiger partial charge in [-0.05, 0) is 126 Å². The smallest absolute Gasteiger partial charge is 0.0644 e. The van der Waals surface area contributed by atoms with E-state index in [1.165, 1.54) is 83.1 Å². The normalized spacial score (nSPS) is 14.5. The molecule has 3 aliphatic carbocycles. The fourth-order valence-electron chi connectivity index (χ4n) is 9.05. The number of nitrogens with zero attached hydrogens (tertiary/aromatic N) is 2. The van der Waals surface area contributed by atoms with E-state index in [1.54, 1.807) is 0 Å². The number of aromatic nitrogens is 1.